The molecule has 1 aliphatic heterocycles. The second-order valence-electron chi connectivity index (χ2n) is 5.59. The maximum Gasteiger partial charge on any atom is 0.433 e. The lowest BCUT2D eigenvalue weighted by Gasteiger charge is -2.23. The van der Waals surface area contributed by atoms with Crippen LogP contribution in [0.4, 0.5) is 17.6 Å². The van der Waals surface area contributed by atoms with Gasteiger partial charge in [0.1, 0.15) is 5.69 Å². The SMILES string of the molecule is NCCC(O)CN1CCC(F)(c2cccc(C(F)(F)F)n2)C1. The van der Waals surface area contributed by atoms with Crippen molar-refractivity contribution >= 4 is 0 Å². The summed E-state index contributed by atoms with van der Waals surface area (Å²) in [6, 6.07) is 3.26. The summed E-state index contributed by atoms with van der Waals surface area (Å²) >= 11 is 0. The van der Waals surface area contributed by atoms with Crippen LogP contribution in [0.5, 0.6) is 0 Å². The number of likely N-dealkylation sites (tertiary alicyclic amines) is 1. The largest absolute Gasteiger partial charge is 0.433 e. The molecule has 124 valence electrons. The fourth-order valence-corrected chi connectivity index (χ4v) is 2.64. The summed E-state index contributed by atoms with van der Waals surface area (Å²) in [6.07, 6.45) is -4.81. The zero-order valence-electron chi connectivity index (χ0n) is 12.0. The van der Waals surface area contributed by atoms with Gasteiger partial charge in [0.2, 0.25) is 0 Å². The highest BCUT2D eigenvalue weighted by Crippen LogP contribution is 2.37. The van der Waals surface area contributed by atoms with Gasteiger partial charge in [-0.2, -0.15) is 13.2 Å². The molecule has 0 radical (unpaired) electrons. The van der Waals surface area contributed by atoms with E-state index in [0.717, 1.165) is 6.07 Å². The summed E-state index contributed by atoms with van der Waals surface area (Å²) in [5, 5.41) is 9.69. The Bertz CT molecular complexity index is 511. The number of hydrogen-bond donors (Lipinski definition) is 2. The molecule has 2 heterocycles. The second kappa shape index (κ2) is 6.47. The number of aromatic nitrogens is 1. The van der Waals surface area contributed by atoms with E-state index in [1.807, 2.05) is 0 Å². The Morgan fingerprint density at radius 2 is 2.14 bits per heavy atom. The van der Waals surface area contributed by atoms with Crippen LogP contribution in [0.3, 0.4) is 0 Å². The van der Waals surface area contributed by atoms with E-state index in [9.17, 15) is 22.7 Å². The van der Waals surface area contributed by atoms with Gasteiger partial charge in [-0.15, -0.1) is 0 Å². The van der Waals surface area contributed by atoms with Gasteiger partial charge in [-0.05, 0) is 25.1 Å². The Morgan fingerprint density at radius 3 is 2.77 bits per heavy atom. The number of aliphatic hydroxyl groups is 1. The van der Waals surface area contributed by atoms with Gasteiger partial charge < -0.3 is 10.8 Å². The minimum Gasteiger partial charge on any atom is -0.392 e. The molecule has 1 saturated heterocycles. The third-order valence-electron chi connectivity index (χ3n) is 3.77. The monoisotopic (exact) mass is 321 g/mol. The number of rotatable bonds is 5. The number of hydrogen-bond acceptors (Lipinski definition) is 4. The zero-order chi connectivity index (χ0) is 16.4. The molecule has 0 saturated carbocycles. The molecular formula is C14H19F4N3O. The summed E-state index contributed by atoms with van der Waals surface area (Å²) in [5.41, 5.74) is 2.11. The molecular weight excluding hydrogens is 302 g/mol. The Kier molecular flexibility index (Phi) is 5.03. The molecule has 0 spiro atoms. The van der Waals surface area contributed by atoms with Crippen molar-refractivity contribution < 1.29 is 22.7 Å². The molecule has 1 aromatic rings. The van der Waals surface area contributed by atoms with E-state index in [1.165, 1.54) is 12.1 Å². The van der Waals surface area contributed by atoms with E-state index in [1.54, 1.807) is 4.90 Å². The standard InChI is InChI=1S/C14H19F4N3O/c15-13(5-7-21(9-13)8-10(22)4-6-19)11-2-1-3-12(20-11)14(16,17)18/h1-3,10,22H,4-9,19H2. The second-order valence-corrected chi connectivity index (χ2v) is 5.59. The predicted molar refractivity (Wildman–Crippen MR) is 72.8 cm³/mol. The van der Waals surface area contributed by atoms with Crippen LogP contribution in [0.2, 0.25) is 0 Å². The van der Waals surface area contributed by atoms with Crippen LogP contribution in [0.15, 0.2) is 18.2 Å². The molecule has 1 aromatic heterocycles. The molecule has 1 fully saturated rings. The number of nitrogens with zero attached hydrogens (tertiary/aromatic N) is 2. The molecule has 2 atom stereocenters. The first-order valence-corrected chi connectivity index (χ1v) is 7.09. The first-order chi connectivity index (χ1) is 10.2. The normalized spacial score (nSPS) is 24.6. The summed E-state index contributed by atoms with van der Waals surface area (Å²) in [6.45, 7) is 0.853. The van der Waals surface area contributed by atoms with Crippen LogP contribution in [0.25, 0.3) is 0 Å². The molecule has 0 bridgehead atoms. The highest BCUT2D eigenvalue weighted by Gasteiger charge is 2.43. The van der Waals surface area contributed by atoms with E-state index in [-0.39, 0.29) is 25.2 Å². The smallest absolute Gasteiger partial charge is 0.392 e. The fraction of sp³-hybridized carbons (Fsp3) is 0.643. The van der Waals surface area contributed by atoms with Gasteiger partial charge in [0.25, 0.3) is 0 Å². The molecule has 1 aliphatic rings. The van der Waals surface area contributed by atoms with Gasteiger partial charge in [0.15, 0.2) is 5.67 Å². The van der Waals surface area contributed by atoms with Crippen LogP contribution in [0, 0.1) is 0 Å². The van der Waals surface area contributed by atoms with Crippen LogP contribution in [0.1, 0.15) is 24.2 Å². The van der Waals surface area contributed by atoms with E-state index in [0.29, 0.717) is 19.5 Å². The number of halogens is 4. The third-order valence-corrected chi connectivity index (χ3v) is 3.77. The molecule has 2 rings (SSSR count). The summed E-state index contributed by atoms with van der Waals surface area (Å²) in [4.78, 5) is 5.12. The Balaban J connectivity index is 2.09. The molecule has 0 aliphatic carbocycles. The molecule has 8 heteroatoms. The van der Waals surface area contributed by atoms with Crippen LogP contribution in [-0.2, 0) is 11.8 Å². The number of pyridine rings is 1. The summed E-state index contributed by atoms with van der Waals surface area (Å²) in [7, 11) is 0. The fourth-order valence-electron chi connectivity index (χ4n) is 2.64. The van der Waals surface area contributed by atoms with Crippen molar-refractivity contribution in [1.82, 2.24) is 9.88 Å². The number of β-amino-alcohol motifs (C(OH)–C–C–N with tert-alkyl or cyclic N) is 1. The lowest BCUT2D eigenvalue weighted by Crippen LogP contribution is -2.34. The molecule has 0 amide bonds. The Morgan fingerprint density at radius 1 is 1.41 bits per heavy atom. The van der Waals surface area contributed by atoms with Gasteiger partial charge in [0.05, 0.1) is 11.8 Å². The average molecular weight is 321 g/mol. The molecule has 0 aromatic carbocycles. The van der Waals surface area contributed by atoms with E-state index >= 15 is 0 Å². The maximum absolute atomic E-state index is 14.9. The predicted octanol–water partition coefficient (Wildman–Crippen LogP) is 1.68. The highest BCUT2D eigenvalue weighted by molar-refractivity contribution is 5.21. The van der Waals surface area contributed by atoms with Crippen LogP contribution >= 0.6 is 0 Å². The number of nitrogens with two attached hydrogens (primary N) is 1. The van der Waals surface area contributed by atoms with Crippen LogP contribution < -0.4 is 5.73 Å². The molecule has 2 unspecified atom stereocenters. The van der Waals surface area contributed by atoms with Crippen molar-refractivity contribution in [3.8, 4) is 0 Å². The average Bonchev–Trinajstić information content (AvgIpc) is 2.81. The first kappa shape index (κ1) is 17.1. The van der Waals surface area contributed by atoms with E-state index in [2.05, 4.69) is 4.98 Å². The van der Waals surface area contributed by atoms with Crippen molar-refractivity contribution in [1.29, 1.82) is 0 Å². The van der Waals surface area contributed by atoms with Gasteiger partial charge in [-0.25, -0.2) is 9.37 Å². The quantitative estimate of drug-likeness (QED) is 0.810. The Hall–Kier alpha value is -1.25. The third kappa shape index (κ3) is 3.93. The van der Waals surface area contributed by atoms with Gasteiger partial charge in [0, 0.05) is 26.1 Å². The zero-order valence-corrected chi connectivity index (χ0v) is 12.0. The van der Waals surface area contributed by atoms with Gasteiger partial charge in [-0.3, -0.25) is 4.90 Å². The lowest BCUT2D eigenvalue weighted by molar-refractivity contribution is -0.141. The van der Waals surface area contributed by atoms with Crippen LogP contribution in [-0.4, -0.2) is 47.3 Å². The van der Waals surface area contributed by atoms with Crippen molar-refractivity contribution in [2.45, 2.75) is 30.8 Å². The van der Waals surface area contributed by atoms with E-state index < -0.39 is 23.6 Å². The maximum atomic E-state index is 14.9. The minimum atomic E-state index is -4.60. The highest BCUT2D eigenvalue weighted by atomic mass is 19.4. The molecule has 4 nitrogen and oxygen atoms in total. The summed E-state index contributed by atoms with van der Waals surface area (Å²) in [5.74, 6) is 0. The van der Waals surface area contributed by atoms with Gasteiger partial charge in [-0.1, -0.05) is 6.07 Å². The van der Waals surface area contributed by atoms with Gasteiger partial charge >= 0.3 is 6.18 Å². The van der Waals surface area contributed by atoms with Crippen molar-refractivity contribution in [2.75, 3.05) is 26.2 Å². The van der Waals surface area contributed by atoms with E-state index in [4.69, 9.17) is 5.73 Å². The number of alkyl halides is 4. The topological polar surface area (TPSA) is 62.4 Å². The molecule has 3 N–H and O–H groups in total. The van der Waals surface area contributed by atoms with Crippen molar-refractivity contribution in [3.63, 3.8) is 0 Å². The lowest BCUT2D eigenvalue weighted by atomic mass is 10.00. The first-order valence-electron chi connectivity index (χ1n) is 7.09. The minimum absolute atomic E-state index is 0.0522. The van der Waals surface area contributed by atoms with Crippen molar-refractivity contribution in [2.24, 2.45) is 5.73 Å². The van der Waals surface area contributed by atoms with Crippen molar-refractivity contribution in [3.05, 3.63) is 29.6 Å². The molecule has 22 heavy (non-hydrogen) atoms. The Labute approximate surface area is 125 Å². The number of aliphatic hydroxyl groups excluding tert-OH is 1. The summed E-state index contributed by atoms with van der Waals surface area (Å²) < 4.78 is 52.9.